The molecule has 1 saturated heterocycles. The molecule has 26 heavy (non-hydrogen) atoms. The first-order valence-electron chi connectivity index (χ1n) is 8.72. The Balaban J connectivity index is 1.89. The Labute approximate surface area is 152 Å². The Morgan fingerprint density at radius 3 is 2.69 bits per heavy atom. The predicted molar refractivity (Wildman–Crippen MR) is 97.8 cm³/mol. The molecule has 2 aromatic rings. The Bertz CT molecular complexity index is 847. The third-order valence-corrected chi connectivity index (χ3v) is 5.10. The molecule has 0 aliphatic carbocycles. The van der Waals surface area contributed by atoms with Crippen molar-refractivity contribution < 1.29 is 14.3 Å². The number of aromatic nitrogens is 2. The van der Waals surface area contributed by atoms with E-state index in [0.717, 1.165) is 29.7 Å². The zero-order valence-electron chi connectivity index (χ0n) is 15.4. The number of rotatable bonds is 5. The molecule has 1 aromatic carbocycles. The number of aromatic amines is 1. The van der Waals surface area contributed by atoms with Crippen LogP contribution in [0.2, 0.25) is 0 Å². The van der Waals surface area contributed by atoms with Crippen LogP contribution in [0.15, 0.2) is 29.1 Å². The highest BCUT2D eigenvalue weighted by Gasteiger charge is 2.37. The number of hydrogen-bond donors (Lipinski definition) is 2. The lowest BCUT2D eigenvalue weighted by Gasteiger charge is -2.38. The summed E-state index contributed by atoms with van der Waals surface area (Å²) in [5.74, 6) is 0.545. The lowest BCUT2D eigenvalue weighted by Crippen LogP contribution is -2.45. The van der Waals surface area contributed by atoms with Gasteiger partial charge in [-0.25, -0.2) is 0 Å². The normalized spacial score (nSPS) is 16.3. The van der Waals surface area contributed by atoms with Gasteiger partial charge in [0.1, 0.15) is 11.4 Å². The van der Waals surface area contributed by atoms with Gasteiger partial charge in [-0.05, 0) is 25.8 Å². The number of aryl methyl sites for hydroxylation is 2. The van der Waals surface area contributed by atoms with Crippen LogP contribution in [0.25, 0.3) is 0 Å². The van der Waals surface area contributed by atoms with E-state index in [1.165, 1.54) is 10.7 Å². The van der Waals surface area contributed by atoms with E-state index in [1.807, 2.05) is 19.1 Å². The molecule has 0 bridgehead atoms. The molecular formula is C19H25N3O4. The average Bonchev–Trinajstić information content (AvgIpc) is 2.99. The predicted octanol–water partition coefficient (Wildman–Crippen LogP) is 1.51. The van der Waals surface area contributed by atoms with Crippen molar-refractivity contribution >= 4 is 5.91 Å². The molecule has 1 aromatic heterocycles. The molecule has 3 rings (SSSR count). The molecule has 2 heterocycles. The molecule has 2 N–H and O–H groups in total. The fraction of sp³-hybridized carbons (Fsp3) is 0.474. The van der Waals surface area contributed by atoms with Crippen LogP contribution in [0.4, 0.5) is 0 Å². The number of H-pyrrole nitrogens is 1. The standard InChI is InChI=1S/C19H25N3O4/c1-13-4-5-16(25-3)14(10-13)19(6-8-26-9-7-19)12-20-18(24)15-11-17(23)21-22(15)2/h4-5,10-11H,6-9,12H2,1-3H3,(H,20,24)(H,21,23). The van der Waals surface area contributed by atoms with Crippen LogP contribution in [0.5, 0.6) is 5.75 Å². The Hall–Kier alpha value is -2.54. The summed E-state index contributed by atoms with van der Waals surface area (Å²) in [4.78, 5) is 24.0. The van der Waals surface area contributed by atoms with Gasteiger partial charge in [0.05, 0.1) is 7.11 Å². The number of nitrogens with zero attached hydrogens (tertiary/aromatic N) is 1. The van der Waals surface area contributed by atoms with Crippen molar-refractivity contribution in [2.75, 3.05) is 26.9 Å². The molecule has 1 amide bonds. The van der Waals surface area contributed by atoms with Crippen molar-refractivity contribution in [1.29, 1.82) is 0 Å². The molecule has 0 atom stereocenters. The van der Waals surface area contributed by atoms with Crippen molar-refractivity contribution in [2.45, 2.75) is 25.2 Å². The number of benzene rings is 1. The first kappa shape index (κ1) is 18.3. The minimum absolute atomic E-state index is 0.263. The molecule has 1 aliphatic rings. The number of nitrogens with one attached hydrogen (secondary N) is 2. The molecule has 0 spiro atoms. The second kappa shape index (κ2) is 7.37. The lowest BCUT2D eigenvalue weighted by molar-refractivity contribution is 0.0478. The van der Waals surface area contributed by atoms with Crippen molar-refractivity contribution in [2.24, 2.45) is 7.05 Å². The van der Waals surface area contributed by atoms with E-state index in [0.29, 0.717) is 25.5 Å². The van der Waals surface area contributed by atoms with Gasteiger partial charge in [0.25, 0.3) is 11.5 Å². The topological polar surface area (TPSA) is 85.4 Å². The van der Waals surface area contributed by atoms with Gasteiger partial charge < -0.3 is 14.8 Å². The fourth-order valence-corrected chi connectivity index (χ4v) is 3.58. The second-order valence-corrected chi connectivity index (χ2v) is 6.84. The maximum absolute atomic E-state index is 12.6. The van der Waals surface area contributed by atoms with Crippen LogP contribution < -0.4 is 15.6 Å². The summed E-state index contributed by atoms with van der Waals surface area (Å²) in [6.07, 6.45) is 1.58. The van der Waals surface area contributed by atoms with E-state index in [2.05, 4.69) is 16.5 Å². The highest BCUT2D eigenvalue weighted by molar-refractivity contribution is 5.92. The number of ether oxygens (including phenoxy) is 2. The second-order valence-electron chi connectivity index (χ2n) is 6.84. The molecule has 7 heteroatoms. The molecule has 1 fully saturated rings. The minimum Gasteiger partial charge on any atom is -0.496 e. The Morgan fingerprint density at radius 2 is 2.08 bits per heavy atom. The van der Waals surface area contributed by atoms with Crippen molar-refractivity contribution in [3.8, 4) is 5.75 Å². The smallest absolute Gasteiger partial charge is 0.269 e. The molecule has 0 saturated carbocycles. The number of amides is 1. The summed E-state index contributed by atoms with van der Waals surface area (Å²) in [5.41, 5.74) is 1.99. The van der Waals surface area contributed by atoms with Crippen LogP contribution in [-0.4, -0.2) is 42.6 Å². The van der Waals surface area contributed by atoms with Gasteiger partial charge in [0.2, 0.25) is 0 Å². The van der Waals surface area contributed by atoms with Gasteiger partial charge in [-0.3, -0.25) is 19.4 Å². The minimum atomic E-state index is -0.293. The first-order chi connectivity index (χ1) is 12.4. The summed E-state index contributed by atoms with van der Waals surface area (Å²) in [6, 6.07) is 7.42. The summed E-state index contributed by atoms with van der Waals surface area (Å²) < 4.78 is 12.6. The summed E-state index contributed by atoms with van der Waals surface area (Å²) in [6.45, 7) is 3.77. The fourth-order valence-electron chi connectivity index (χ4n) is 3.58. The Kier molecular flexibility index (Phi) is 5.18. The molecular weight excluding hydrogens is 334 g/mol. The lowest BCUT2D eigenvalue weighted by atomic mass is 9.73. The van der Waals surface area contributed by atoms with Crippen LogP contribution in [0.1, 0.15) is 34.5 Å². The highest BCUT2D eigenvalue weighted by atomic mass is 16.5. The van der Waals surface area contributed by atoms with E-state index in [-0.39, 0.29) is 16.9 Å². The van der Waals surface area contributed by atoms with Gasteiger partial charge in [0, 0.05) is 43.9 Å². The van der Waals surface area contributed by atoms with Crippen LogP contribution in [-0.2, 0) is 17.2 Å². The zero-order chi connectivity index (χ0) is 18.7. The molecule has 0 unspecified atom stereocenters. The SMILES string of the molecule is COc1ccc(C)cc1C1(CNC(=O)c2cc(=O)[nH]n2C)CCOCC1. The molecule has 140 valence electrons. The molecule has 1 aliphatic heterocycles. The third kappa shape index (κ3) is 3.53. The summed E-state index contributed by atoms with van der Waals surface area (Å²) >= 11 is 0. The van der Waals surface area contributed by atoms with Gasteiger partial charge in [-0.1, -0.05) is 17.7 Å². The number of hydrogen-bond acceptors (Lipinski definition) is 4. The van der Waals surface area contributed by atoms with Crippen molar-refractivity contribution in [3.63, 3.8) is 0 Å². The van der Waals surface area contributed by atoms with Crippen LogP contribution >= 0.6 is 0 Å². The Morgan fingerprint density at radius 1 is 1.35 bits per heavy atom. The number of carbonyl (C=O) groups excluding carboxylic acids is 1. The van der Waals surface area contributed by atoms with E-state index in [1.54, 1.807) is 14.2 Å². The van der Waals surface area contributed by atoms with E-state index in [9.17, 15) is 9.59 Å². The van der Waals surface area contributed by atoms with Crippen LogP contribution in [0.3, 0.4) is 0 Å². The first-order valence-corrected chi connectivity index (χ1v) is 8.72. The van der Waals surface area contributed by atoms with E-state index in [4.69, 9.17) is 9.47 Å². The number of methoxy groups -OCH3 is 1. The van der Waals surface area contributed by atoms with Gasteiger partial charge in [0.15, 0.2) is 0 Å². The molecule has 7 nitrogen and oxygen atoms in total. The third-order valence-electron chi connectivity index (χ3n) is 5.10. The van der Waals surface area contributed by atoms with Crippen molar-refractivity contribution in [1.82, 2.24) is 15.1 Å². The van der Waals surface area contributed by atoms with Gasteiger partial charge in [-0.2, -0.15) is 0 Å². The highest BCUT2D eigenvalue weighted by Crippen LogP contribution is 2.40. The van der Waals surface area contributed by atoms with Crippen molar-refractivity contribution in [3.05, 3.63) is 51.4 Å². The monoisotopic (exact) mass is 359 g/mol. The number of carbonyl (C=O) groups is 1. The zero-order valence-corrected chi connectivity index (χ0v) is 15.4. The van der Waals surface area contributed by atoms with E-state index < -0.39 is 0 Å². The average molecular weight is 359 g/mol. The van der Waals surface area contributed by atoms with Gasteiger partial charge >= 0.3 is 0 Å². The largest absolute Gasteiger partial charge is 0.496 e. The van der Waals surface area contributed by atoms with E-state index >= 15 is 0 Å². The summed E-state index contributed by atoms with van der Waals surface area (Å²) in [7, 11) is 3.31. The maximum Gasteiger partial charge on any atom is 0.269 e. The van der Waals surface area contributed by atoms with Crippen LogP contribution in [0, 0.1) is 6.92 Å². The van der Waals surface area contributed by atoms with Gasteiger partial charge in [-0.15, -0.1) is 0 Å². The quantitative estimate of drug-likeness (QED) is 0.847. The molecule has 0 radical (unpaired) electrons. The summed E-state index contributed by atoms with van der Waals surface area (Å²) in [5, 5.41) is 5.56. The maximum atomic E-state index is 12.6.